The third-order valence-corrected chi connectivity index (χ3v) is 2.34. The molecule has 1 aromatic carbocycles. The highest BCUT2D eigenvalue weighted by atomic mass is 16.1. The first-order valence-electron chi connectivity index (χ1n) is 4.27. The fourth-order valence-electron chi connectivity index (χ4n) is 1.42. The van der Waals surface area contributed by atoms with Gasteiger partial charge < -0.3 is 4.98 Å². The van der Waals surface area contributed by atoms with Gasteiger partial charge in [-0.05, 0) is 48.6 Å². The number of hydrogen-bond acceptors (Lipinski definition) is 1. The summed E-state index contributed by atoms with van der Waals surface area (Å²) in [6, 6.07) is 7.49. The number of H-pyrrole nitrogens is 1. The molecule has 0 spiro atoms. The molecule has 0 unspecified atom stereocenters. The van der Waals surface area contributed by atoms with E-state index in [1.165, 1.54) is 11.1 Å². The molecular weight excluding hydrogens is 162 g/mol. The van der Waals surface area contributed by atoms with Crippen molar-refractivity contribution >= 4 is 10.9 Å². The first kappa shape index (κ1) is 8.05. The Bertz CT molecular complexity index is 511. The van der Waals surface area contributed by atoms with Crippen LogP contribution in [0.5, 0.6) is 0 Å². The van der Waals surface area contributed by atoms with Gasteiger partial charge in [-0.2, -0.15) is 0 Å². The molecule has 0 saturated heterocycles. The van der Waals surface area contributed by atoms with Crippen molar-refractivity contribution in [1.29, 1.82) is 0 Å². The summed E-state index contributed by atoms with van der Waals surface area (Å²) < 4.78 is 0. The van der Waals surface area contributed by atoms with Crippen molar-refractivity contribution in [3.05, 3.63) is 45.7 Å². The summed E-state index contributed by atoms with van der Waals surface area (Å²) in [5.74, 6) is 0. The Morgan fingerprint density at radius 3 is 2.54 bits per heavy atom. The van der Waals surface area contributed by atoms with Crippen molar-refractivity contribution in [2.45, 2.75) is 13.8 Å². The Balaban J connectivity index is 2.89. The largest absolute Gasteiger partial charge is 0.322 e. The molecule has 0 aliphatic rings. The summed E-state index contributed by atoms with van der Waals surface area (Å²) in [5.41, 5.74) is 3.32. The summed E-state index contributed by atoms with van der Waals surface area (Å²) >= 11 is 0. The Labute approximate surface area is 76.2 Å². The Morgan fingerprint density at radius 2 is 1.77 bits per heavy atom. The zero-order valence-corrected chi connectivity index (χ0v) is 7.72. The van der Waals surface area contributed by atoms with Crippen molar-refractivity contribution < 1.29 is 0 Å². The number of hydrogen-bond donors (Lipinski definition) is 1. The van der Waals surface area contributed by atoms with Crippen LogP contribution in [0.15, 0.2) is 29.1 Å². The average Bonchev–Trinajstić information content (AvgIpc) is 2.08. The fourth-order valence-corrected chi connectivity index (χ4v) is 1.42. The van der Waals surface area contributed by atoms with E-state index in [2.05, 4.69) is 18.0 Å². The number of nitrogens with one attached hydrogen (secondary N) is 1. The zero-order chi connectivity index (χ0) is 9.42. The van der Waals surface area contributed by atoms with E-state index in [-0.39, 0.29) is 5.56 Å². The molecule has 2 aromatic rings. The average molecular weight is 173 g/mol. The van der Waals surface area contributed by atoms with E-state index in [1.54, 1.807) is 6.07 Å². The molecule has 0 saturated carbocycles. The van der Waals surface area contributed by atoms with Crippen LogP contribution in [-0.2, 0) is 0 Å². The summed E-state index contributed by atoms with van der Waals surface area (Å²) in [4.78, 5) is 13.8. The minimum atomic E-state index is -0.0456. The van der Waals surface area contributed by atoms with Crippen LogP contribution in [0.25, 0.3) is 10.9 Å². The van der Waals surface area contributed by atoms with Gasteiger partial charge in [-0.1, -0.05) is 0 Å². The fraction of sp³-hybridized carbons (Fsp3) is 0.182. The minimum absolute atomic E-state index is 0.0456. The minimum Gasteiger partial charge on any atom is -0.322 e. The number of aromatic nitrogens is 1. The second-order valence-corrected chi connectivity index (χ2v) is 3.35. The highest BCUT2D eigenvalue weighted by Gasteiger charge is 1.97. The molecule has 13 heavy (non-hydrogen) atoms. The molecule has 1 N–H and O–H groups in total. The lowest BCUT2D eigenvalue weighted by Crippen LogP contribution is -2.02. The second-order valence-electron chi connectivity index (χ2n) is 3.35. The topological polar surface area (TPSA) is 32.9 Å². The van der Waals surface area contributed by atoms with E-state index in [4.69, 9.17) is 0 Å². The van der Waals surface area contributed by atoms with Crippen molar-refractivity contribution in [1.82, 2.24) is 4.98 Å². The standard InChI is InChI=1S/C11H11NO/c1-7-5-9-3-4-11(13)12-10(9)6-8(7)2/h3-6H,1-2H3,(H,12,13). The van der Waals surface area contributed by atoms with Gasteiger partial charge >= 0.3 is 0 Å². The summed E-state index contributed by atoms with van der Waals surface area (Å²) in [6.45, 7) is 4.11. The maximum absolute atomic E-state index is 11.0. The van der Waals surface area contributed by atoms with Gasteiger partial charge in [0.25, 0.3) is 0 Å². The van der Waals surface area contributed by atoms with Crippen LogP contribution in [0.3, 0.4) is 0 Å². The first-order valence-corrected chi connectivity index (χ1v) is 4.27. The molecule has 66 valence electrons. The van der Waals surface area contributed by atoms with E-state index in [0.717, 1.165) is 10.9 Å². The van der Waals surface area contributed by atoms with Crippen LogP contribution in [0.1, 0.15) is 11.1 Å². The van der Waals surface area contributed by atoms with Gasteiger partial charge in [0, 0.05) is 11.6 Å². The smallest absolute Gasteiger partial charge is 0.248 e. The van der Waals surface area contributed by atoms with E-state index in [9.17, 15) is 4.79 Å². The van der Waals surface area contributed by atoms with Crippen LogP contribution in [0.4, 0.5) is 0 Å². The van der Waals surface area contributed by atoms with E-state index < -0.39 is 0 Å². The summed E-state index contributed by atoms with van der Waals surface area (Å²) in [7, 11) is 0. The molecule has 0 fully saturated rings. The van der Waals surface area contributed by atoms with E-state index in [0.29, 0.717) is 0 Å². The number of aromatic amines is 1. The molecule has 0 bridgehead atoms. The zero-order valence-electron chi connectivity index (χ0n) is 7.72. The summed E-state index contributed by atoms with van der Waals surface area (Å²) in [6.07, 6.45) is 0. The van der Waals surface area contributed by atoms with E-state index >= 15 is 0 Å². The lowest BCUT2D eigenvalue weighted by molar-refractivity contribution is 1.28. The summed E-state index contributed by atoms with van der Waals surface area (Å²) in [5, 5.41) is 1.09. The second kappa shape index (κ2) is 2.73. The van der Waals surface area contributed by atoms with Gasteiger partial charge in [-0.15, -0.1) is 0 Å². The van der Waals surface area contributed by atoms with E-state index in [1.807, 2.05) is 19.1 Å². The number of pyridine rings is 1. The highest BCUT2D eigenvalue weighted by molar-refractivity contribution is 5.79. The van der Waals surface area contributed by atoms with Gasteiger partial charge in [-0.25, -0.2) is 0 Å². The SMILES string of the molecule is Cc1cc2ccc(=O)[nH]c2cc1C. The van der Waals surface area contributed by atoms with Crippen molar-refractivity contribution in [3.8, 4) is 0 Å². The molecule has 0 radical (unpaired) electrons. The van der Waals surface area contributed by atoms with Gasteiger partial charge in [0.05, 0.1) is 0 Å². The molecule has 0 aliphatic carbocycles. The normalized spacial score (nSPS) is 10.6. The molecule has 2 nitrogen and oxygen atoms in total. The van der Waals surface area contributed by atoms with Gasteiger partial charge in [0.2, 0.25) is 5.56 Å². The quantitative estimate of drug-likeness (QED) is 0.650. The van der Waals surface area contributed by atoms with Crippen LogP contribution < -0.4 is 5.56 Å². The number of benzene rings is 1. The number of rotatable bonds is 0. The molecule has 0 aliphatic heterocycles. The van der Waals surface area contributed by atoms with Crippen LogP contribution in [-0.4, -0.2) is 4.98 Å². The van der Waals surface area contributed by atoms with Crippen LogP contribution in [0.2, 0.25) is 0 Å². The van der Waals surface area contributed by atoms with Crippen molar-refractivity contribution in [3.63, 3.8) is 0 Å². The Kier molecular flexibility index (Phi) is 1.69. The van der Waals surface area contributed by atoms with Crippen molar-refractivity contribution in [2.24, 2.45) is 0 Å². The van der Waals surface area contributed by atoms with Crippen LogP contribution >= 0.6 is 0 Å². The lowest BCUT2D eigenvalue weighted by atomic mass is 10.1. The molecular formula is C11H11NO. The van der Waals surface area contributed by atoms with Gasteiger partial charge in [0.15, 0.2) is 0 Å². The highest BCUT2D eigenvalue weighted by Crippen LogP contribution is 2.15. The Hall–Kier alpha value is -1.57. The van der Waals surface area contributed by atoms with Gasteiger partial charge in [-0.3, -0.25) is 4.79 Å². The predicted molar refractivity (Wildman–Crippen MR) is 54.0 cm³/mol. The first-order chi connectivity index (χ1) is 6.16. The molecule has 0 atom stereocenters. The lowest BCUT2D eigenvalue weighted by Gasteiger charge is -2.02. The molecule has 1 aromatic heterocycles. The molecule has 0 amide bonds. The number of fused-ring (bicyclic) bond motifs is 1. The van der Waals surface area contributed by atoms with Gasteiger partial charge in [0.1, 0.15) is 0 Å². The maximum atomic E-state index is 11.0. The Morgan fingerprint density at radius 1 is 1.08 bits per heavy atom. The maximum Gasteiger partial charge on any atom is 0.248 e. The third kappa shape index (κ3) is 1.35. The molecule has 2 heteroatoms. The number of aryl methyl sites for hydroxylation is 2. The van der Waals surface area contributed by atoms with Crippen molar-refractivity contribution in [2.75, 3.05) is 0 Å². The third-order valence-electron chi connectivity index (χ3n) is 2.34. The van der Waals surface area contributed by atoms with Crippen LogP contribution in [0, 0.1) is 13.8 Å². The monoisotopic (exact) mass is 173 g/mol. The molecule has 1 heterocycles. The molecule has 2 rings (SSSR count). The predicted octanol–water partition coefficient (Wildman–Crippen LogP) is 2.14.